The minimum Gasteiger partial charge on any atom is -0.331 e. The lowest BCUT2D eigenvalue weighted by molar-refractivity contribution is 0.770. The van der Waals surface area contributed by atoms with Gasteiger partial charge in [0, 0.05) is 30.5 Å². The van der Waals surface area contributed by atoms with E-state index in [4.69, 9.17) is 0 Å². The van der Waals surface area contributed by atoms with Gasteiger partial charge in [0.15, 0.2) is 4.96 Å². The second-order valence-electron chi connectivity index (χ2n) is 3.89. The van der Waals surface area contributed by atoms with Gasteiger partial charge in [-0.3, -0.25) is 4.40 Å². The molecule has 0 aromatic carbocycles. The minimum atomic E-state index is 0.769. The highest BCUT2D eigenvalue weighted by atomic mass is 32.1. The van der Waals surface area contributed by atoms with Gasteiger partial charge in [-0.25, -0.2) is 9.97 Å². The van der Waals surface area contributed by atoms with Crippen molar-refractivity contribution in [2.24, 2.45) is 0 Å². The zero-order valence-electron chi connectivity index (χ0n) is 9.50. The molecule has 0 amide bonds. The molecule has 0 aliphatic carbocycles. The quantitative estimate of drug-likeness (QED) is 0.757. The molecule has 0 saturated heterocycles. The molecule has 17 heavy (non-hydrogen) atoms. The van der Waals surface area contributed by atoms with Crippen LogP contribution in [-0.2, 0) is 13.1 Å². The zero-order chi connectivity index (χ0) is 11.7. The third-order valence-electron chi connectivity index (χ3n) is 2.53. The average molecular weight is 247 g/mol. The van der Waals surface area contributed by atoms with E-state index in [2.05, 4.69) is 26.0 Å². The fraction of sp³-hybridized carbons (Fsp3) is 0.273. The molecule has 0 radical (unpaired) electrons. The second-order valence-corrected chi connectivity index (χ2v) is 4.77. The molecule has 0 saturated carbocycles. The van der Waals surface area contributed by atoms with E-state index in [1.165, 1.54) is 0 Å². The maximum absolute atomic E-state index is 4.54. The molecule has 0 aliphatic heterocycles. The fourth-order valence-electron chi connectivity index (χ4n) is 1.80. The summed E-state index contributed by atoms with van der Waals surface area (Å²) in [6, 6.07) is 0. The van der Waals surface area contributed by atoms with Gasteiger partial charge in [0.25, 0.3) is 0 Å². The van der Waals surface area contributed by atoms with E-state index in [9.17, 15) is 0 Å². The number of hydrogen-bond acceptors (Lipinski definition) is 4. The molecule has 88 valence electrons. The molecule has 0 aliphatic rings. The van der Waals surface area contributed by atoms with Gasteiger partial charge in [-0.05, 0) is 7.05 Å². The van der Waals surface area contributed by atoms with Gasteiger partial charge in [0.1, 0.15) is 0 Å². The van der Waals surface area contributed by atoms with Gasteiger partial charge in [0.2, 0.25) is 0 Å². The van der Waals surface area contributed by atoms with Gasteiger partial charge in [-0.1, -0.05) is 0 Å². The third-order valence-corrected chi connectivity index (χ3v) is 3.30. The van der Waals surface area contributed by atoms with Crippen LogP contribution in [0.15, 0.2) is 30.3 Å². The van der Waals surface area contributed by atoms with Crippen molar-refractivity contribution >= 4 is 16.3 Å². The largest absolute Gasteiger partial charge is 0.331 e. The number of nitrogens with zero attached hydrogens (tertiary/aromatic N) is 4. The Balaban J connectivity index is 1.79. The van der Waals surface area contributed by atoms with Crippen molar-refractivity contribution in [2.45, 2.75) is 13.1 Å². The Hall–Kier alpha value is -1.66. The lowest BCUT2D eigenvalue weighted by Crippen LogP contribution is -2.05. The van der Waals surface area contributed by atoms with E-state index in [1.807, 2.05) is 35.5 Å². The number of fused-ring (bicyclic) bond motifs is 1. The molecular formula is C11H13N5S. The molecule has 5 nitrogen and oxygen atoms in total. The molecular weight excluding hydrogens is 234 g/mol. The van der Waals surface area contributed by atoms with Gasteiger partial charge >= 0.3 is 0 Å². The highest BCUT2D eigenvalue weighted by Gasteiger charge is 2.04. The number of hydrogen-bond donors (Lipinski definition) is 1. The molecule has 0 fully saturated rings. The summed E-state index contributed by atoms with van der Waals surface area (Å²) in [5.74, 6) is 0. The lowest BCUT2D eigenvalue weighted by Gasteiger charge is -1.96. The van der Waals surface area contributed by atoms with Crippen LogP contribution in [0.1, 0.15) is 11.4 Å². The first-order chi connectivity index (χ1) is 8.35. The van der Waals surface area contributed by atoms with Crippen molar-refractivity contribution in [1.82, 2.24) is 24.3 Å². The van der Waals surface area contributed by atoms with E-state index in [0.717, 1.165) is 29.4 Å². The Morgan fingerprint density at radius 2 is 2.29 bits per heavy atom. The Labute approximate surface area is 103 Å². The Bertz CT molecular complexity index is 592. The minimum absolute atomic E-state index is 0.769. The van der Waals surface area contributed by atoms with Crippen molar-refractivity contribution in [3.8, 4) is 0 Å². The molecule has 0 unspecified atom stereocenters. The summed E-state index contributed by atoms with van der Waals surface area (Å²) in [7, 11) is 1.92. The fourth-order valence-corrected chi connectivity index (χ4v) is 2.52. The standard InChI is InChI=1S/C11H13N5S/c1-12-4-9-5-15(8-13-9)6-10-7-16-2-3-17-11(16)14-10/h2-3,5,7-8,12H,4,6H2,1H3. The summed E-state index contributed by atoms with van der Waals surface area (Å²) >= 11 is 1.65. The predicted octanol–water partition coefficient (Wildman–Crippen LogP) is 1.36. The maximum atomic E-state index is 4.54. The zero-order valence-corrected chi connectivity index (χ0v) is 10.3. The monoisotopic (exact) mass is 247 g/mol. The van der Waals surface area contributed by atoms with Crippen LogP contribution in [0.25, 0.3) is 4.96 Å². The second kappa shape index (κ2) is 4.31. The van der Waals surface area contributed by atoms with Crippen LogP contribution >= 0.6 is 11.3 Å². The normalized spacial score (nSPS) is 11.4. The van der Waals surface area contributed by atoms with Crippen LogP contribution in [0.3, 0.4) is 0 Å². The third kappa shape index (κ3) is 2.09. The molecule has 0 bridgehead atoms. The summed E-state index contributed by atoms with van der Waals surface area (Å²) in [6.45, 7) is 1.57. The number of rotatable bonds is 4. The Morgan fingerprint density at radius 1 is 1.35 bits per heavy atom. The molecule has 3 rings (SSSR count). The first-order valence-electron chi connectivity index (χ1n) is 5.41. The Kier molecular flexibility index (Phi) is 2.66. The number of nitrogens with one attached hydrogen (secondary N) is 1. The van der Waals surface area contributed by atoms with E-state index in [0.29, 0.717) is 0 Å². The summed E-state index contributed by atoms with van der Waals surface area (Å²) in [5, 5.41) is 5.12. The van der Waals surface area contributed by atoms with Gasteiger partial charge < -0.3 is 9.88 Å². The molecule has 6 heteroatoms. The molecule has 3 heterocycles. The van der Waals surface area contributed by atoms with E-state index >= 15 is 0 Å². The smallest absolute Gasteiger partial charge is 0.193 e. The molecule has 1 N–H and O–H groups in total. The summed E-state index contributed by atoms with van der Waals surface area (Å²) < 4.78 is 4.10. The first-order valence-corrected chi connectivity index (χ1v) is 6.29. The van der Waals surface area contributed by atoms with Crippen molar-refractivity contribution in [2.75, 3.05) is 7.05 Å². The first kappa shape index (κ1) is 10.5. The topological polar surface area (TPSA) is 47.2 Å². The highest BCUT2D eigenvalue weighted by Crippen LogP contribution is 2.12. The molecule has 3 aromatic heterocycles. The summed E-state index contributed by atoms with van der Waals surface area (Å²) in [6.07, 6.45) is 7.98. The Morgan fingerprint density at radius 3 is 3.12 bits per heavy atom. The van der Waals surface area contributed by atoms with Crippen molar-refractivity contribution in [1.29, 1.82) is 0 Å². The lowest BCUT2D eigenvalue weighted by atomic mass is 10.4. The van der Waals surface area contributed by atoms with Crippen LogP contribution in [0.4, 0.5) is 0 Å². The van der Waals surface area contributed by atoms with Gasteiger partial charge in [-0.2, -0.15) is 0 Å². The highest BCUT2D eigenvalue weighted by molar-refractivity contribution is 7.15. The van der Waals surface area contributed by atoms with Gasteiger partial charge in [0.05, 0.1) is 24.3 Å². The van der Waals surface area contributed by atoms with E-state index < -0.39 is 0 Å². The SMILES string of the molecule is CNCc1cn(Cc2cn3ccsc3n2)cn1. The van der Waals surface area contributed by atoms with Crippen LogP contribution in [0.2, 0.25) is 0 Å². The average Bonchev–Trinajstić information content (AvgIpc) is 2.95. The van der Waals surface area contributed by atoms with Crippen LogP contribution < -0.4 is 5.32 Å². The van der Waals surface area contributed by atoms with Crippen molar-refractivity contribution in [3.63, 3.8) is 0 Å². The van der Waals surface area contributed by atoms with Gasteiger partial charge in [-0.15, -0.1) is 11.3 Å². The predicted molar refractivity (Wildman–Crippen MR) is 67.2 cm³/mol. The summed E-state index contributed by atoms with van der Waals surface area (Å²) in [4.78, 5) is 9.89. The van der Waals surface area contributed by atoms with Crippen molar-refractivity contribution < 1.29 is 0 Å². The number of aromatic nitrogens is 4. The molecule has 0 spiro atoms. The van der Waals surface area contributed by atoms with E-state index in [-0.39, 0.29) is 0 Å². The summed E-state index contributed by atoms with van der Waals surface area (Å²) in [5.41, 5.74) is 2.11. The number of imidazole rings is 2. The number of thiazole rings is 1. The van der Waals surface area contributed by atoms with Crippen LogP contribution in [0.5, 0.6) is 0 Å². The van der Waals surface area contributed by atoms with Crippen molar-refractivity contribution in [3.05, 3.63) is 41.7 Å². The molecule has 0 atom stereocenters. The van der Waals surface area contributed by atoms with E-state index in [1.54, 1.807) is 11.3 Å². The molecule has 3 aromatic rings. The van der Waals surface area contributed by atoms with Crippen LogP contribution in [0, 0.1) is 0 Å². The maximum Gasteiger partial charge on any atom is 0.193 e. The van der Waals surface area contributed by atoms with Crippen LogP contribution in [-0.4, -0.2) is 26.0 Å².